The van der Waals surface area contributed by atoms with Crippen molar-refractivity contribution >= 4 is 44.9 Å². The average molecular weight is 489 g/mol. The number of fused-ring (bicyclic) bond motifs is 2. The zero-order valence-corrected chi connectivity index (χ0v) is 20.4. The van der Waals surface area contributed by atoms with Crippen LogP contribution in [0.15, 0.2) is 60.2 Å². The zero-order valence-electron chi connectivity index (χ0n) is 19.6. The Morgan fingerprint density at radius 3 is 2.69 bits per heavy atom. The maximum Gasteiger partial charge on any atom is 0.256 e. The number of aryl methyl sites for hydroxylation is 1. The zero-order chi connectivity index (χ0) is 24.7. The molecule has 1 aliphatic heterocycles. The highest BCUT2D eigenvalue weighted by Gasteiger charge is 2.25. The largest absolute Gasteiger partial charge is 0.493 e. The number of H-pyrrole nitrogens is 1. The van der Waals surface area contributed by atoms with Crippen LogP contribution in [0.3, 0.4) is 0 Å². The summed E-state index contributed by atoms with van der Waals surface area (Å²) in [7, 11) is 1.62. The summed E-state index contributed by atoms with van der Waals surface area (Å²) in [5.41, 5.74) is 3.98. The number of carbonyl (C=O) groups is 1. The fraction of sp³-hybridized carbons (Fsp3) is 0.222. The van der Waals surface area contributed by atoms with Crippen LogP contribution >= 0.6 is 11.6 Å². The maximum absolute atomic E-state index is 12.8. The van der Waals surface area contributed by atoms with E-state index in [1.54, 1.807) is 24.4 Å². The van der Waals surface area contributed by atoms with Gasteiger partial charge < -0.3 is 19.5 Å². The second-order valence-electron chi connectivity index (χ2n) is 8.57. The number of piperazine rings is 1. The molecule has 8 heteroatoms. The van der Waals surface area contributed by atoms with Gasteiger partial charge in [0.15, 0.2) is 5.75 Å². The lowest BCUT2D eigenvalue weighted by atomic mass is 9.93. The van der Waals surface area contributed by atoms with Crippen molar-refractivity contribution in [3.05, 3.63) is 76.3 Å². The van der Waals surface area contributed by atoms with Crippen molar-refractivity contribution in [3.8, 4) is 16.9 Å². The SMILES string of the molecule is C=CC(=O)N1CCN(c2c(OC)cnc3cc(-c4c(C)ccc5cc[nH]c(=O)c45)c(Cl)cc23)CC1. The summed E-state index contributed by atoms with van der Waals surface area (Å²) >= 11 is 6.89. The number of aromatic nitrogens is 2. The summed E-state index contributed by atoms with van der Waals surface area (Å²) in [6.07, 6.45) is 4.70. The molecule has 5 rings (SSSR count). The lowest BCUT2D eigenvalue weighted by molar-refractivity contribution is -0.126. The van der Waals surface area contributed by atoms with E-state index in [9.17, 15) is 9.59 Å². The average Bonchev–Trinajstić information content (AvgIpc) is 2.88. The number of aromatic amines is 1. The smallest absolute Gasteiger partial charge is 0.256 e. The van der Waals surface area contributed by atoms with Crippen LogP contribution in [0.25, 0.3) is 32.8 Å². The minimum absolute atomic E-state index is 0.0654. The Bertz CT molecular complexity index is 1540. The molecule has 1 saturated heterocycles. The number of ether oxygens (including phenoxy) is 1. The number of pyridine rings is 2. The van der Waals surface area contributed by atoms with Gasteiger partial charge in [0.25, 0.3) is 5.56 Å². The Kier molecular flexibility index (Phi) is 5.94. The van der Waals surface area contributed by atoms with E-state index in [4.69, 9.17) is 16.3 Å². The third kappa shape index (κ3) is 3.91. The molecule has 0 aliphatic carbocycles. The molecule has 1 fully saturated rings. The lowest BCUT2D eigenvalue weighted by Gasteiger charge is -2.36. The van der Waals surface area contributed by atoms with Crippen molar-refractivity contribution < 1.29 is 9.53 Å². The minimum atomic E-state index is -0.160. The van der Waals surface area contributed by atoms with Crippen LogP contribution in [-0.2, 0) is 4.79 Å². The van der Waals surface area contributed by atoms with E-state index in [0.29, 0.717) is 42.3 Å². The summed E-state index contributed by atoms with van der Waals surface area (Å²) in [6.45, 7) is 8.02. The third-order valence-corrected chi connectivity index (χ3v) is 6.93. The highest BCUT2D eigenvalue weighted by Crippen LogP contribution is 2.42. The van der Waals surface area contributed by atoms with E-state index in [1.807, 2.05) is 37.3 Å². The van der Waals surface area contributed by atoms with Crippen molar-refractivity contribution in [1.82, 2.24) is 14.9 Å². The van der Waals surface area contributed by atoms with Crippen molar-refractivity contribution in [2.45, 2.75) is 6.92 Å². The fourth-order valence-electron chi connectivity index (χ4n) is 4.86. The van der Waals surface area contributed by atoms with E-state index in [-0.39, 0.29) is 11.5 Å². The van der Waals surface area contributed by atoms with Crippen molar-refractivity contribution in [2.75, 3.05) is 38.2 Å². The Balaban J connectivity index is 1.66. The Labute approximate surface area is 207 Å². The molecule has 0 spiro atoms. The van der Waals surface area contributed by atoms with Crippen LogP contribution in [0, 0.1) is 6.92 Å². The van der Waals surface area contributed by atoms with Crippen LogP contribution in [0.1, 0.15) is 5.56 Å². The maximum atomic E-state index is 12.8. The number of carbonyl (C=O) groups excluding carboxylic acids is 1. The highest BCUT2D eigenvalue weighted by molar-refractivity contribution is 6.35. The molecular formula is C27H25ClN4O3. The first-order valence-electron chi connectivity index (χ1n) is 11.4. The number of amides is 1. The molecule has 2 aromatic carbocycles. The summed E-state index contributed by atoms with van der Waals surface area (Å²) < 4.78 is 5.66. The number of anilines is 1. The van der Waals surface area contributed by atoms with Gasteiger partial charge >= 0.3 is 0 Å². The van der Waals surface area contributed by atoms with E-state index < -0.39 is 0 Å². The second kappa shape index (κ2) is 9.07. The lowest BCUT2D eigenvalue weighted by Crippen LogP contribution is -2.48. The molecule has 3 heterocycles. The van der Waals surface area contributed by atoms with Crippen molar-refractivity contribution in [1.29, 1.82) is 0 Å². The molecule has 178 valence electrons. The van der Waals surface area contributed by atoms with E-state index >= 15 is 0 Å². The van der Waals surface area contributed by atoms with Crippen molar-refractivity contribution in [3.63, 3.8) is 0 Å². The number of methoxy groups -OCH3 is 1. The first kappa shape index (κ1) is 22.9. The Hall–Kier alpha value is -3.84. The van der Waals surface area contributed by atoms with Gasteiger partial charge in [0.05, 0.1) is 29.9 Å². The van der Waals surface area contributed by atoms with Gasteiger partial charge in [-0.05, 0) is 47.7 Å². The third-order valence-electron chi connectivity index (χ3n) is 6.62. The van der Waals surface area contributed by atoms with E-state index in [0.717, 1.165) is 38.7 Å². The quantitative estimate of drug-likeness (QED) is 0.426. The number of rotatable bonds is 4. The molecular weight excluding hydrogens is 464 g/mol. The van der Waals surface area contributed by atoms with Crippen LogP contribution in [-0.4, -0.2) is 54.1 Å². The summed E-state index contributed by atoms with van der Waals surface area (Å²) in [4.78, 5) is 36.2. The van der Waals surface area contributed by atoms with Gasteiger partial charge in [-0.3, -0.25) is 14.6 Å². The molecule has 1 N–H and O–H groups in total. The molecule has 0 atom stereocenters. The number of nitrogens with one attached hydrogen (secondary N) is 1. The highest BCUT2D eigenvalue weighted by atomic mass is 35.5. The standard InChI is InChI=1S/C27H25ClN4O3/c1-4-23(33)31-9-11-32(12-10-31)26-19-13-20(28)18(14-21(19)30-15-22(26)35-3)24-16(2)5-6-17-7-8-29-27(34)25(17)24/h4-8,13-15H,1,9-12H2,2-3H3,(H,29,34). The molecule has 0 saturated carbocycles. The van der Waals surface area contributed by atoms with E-state index in [1.165, 1.54) is 6.08 Å². The van der Waals surface area contributed by atoms with Gasteiger partial charge in [0.1, 0.15) is 0 Å². The van der Waals surface area contributed by atoms with E-state index in [2.05, 4.69) is 21.4 Å². The van der Waals surface area contributed by atoms with Crippen LogP contribution < -0.4 is 15.2 Å². The van der Waals surface area contributed by atoms with Crippen molar-refractivity contribution in [2.24, 2.45) is 0 Å². The molecule has 1 aliphatic rings. The molecule has 7 nitrogen and oxygen atoms in total. The summed E-state index contributed by atoms with van der Waals surface area (Å²) in [5, 5.41) is 2.83. The number of hydrogen-bond acceptors (Lipinski definition) is 5. The Morgan fingerprint density at radius 1 is 1.20 bits per heavy atom. The predicted octanol–water partition coefficient (Wildman–Crippen LogP) is 4.55. The van der Waals surface area contributed by atoms with Crippen LogP contribution in [0.2, 0.25) is 5.02 Å². The molecule has 4 aromatic rings. The van der Waals surface area contributed by atoms with Crippen LogP contribution in [0.5, 0.6) is 5.75 Å². The van der Waals surface area contributed by atoms with Gasteiger partial charge in [-0.15, -0.1) is 0 Å². The molecule has 35 heavy (non-hydrogen) atoms. The van der Waals surface area contributed by atoms with Gasteiger partial charge in [-0.25, -0.2) is 0 Å². The Morgan fingerprint density at radius 2 is 1.97 bits per heavy atom. The monoisotopic (exact) mass is 488 g/mol. The normalized spacial score (nSPS) is 13.9. The fourth-order valence-corrected chi connectivity index (χ4v) is 5.12. The molecule has 0 bridgehead atoms. The van der Waals surface area contributed by atoms with Gasteiger partial charge in [0.2, 0.25) is 5.91 Å². The number of halogens is 1. The number of nitrogens with zero attached hydrogens (tertiary/aromatic N) is 3. The van der Waals surface area contributed by atoms with Gasteiger partial charge in [0, 0.05) is 48.3 Å². The molecule has 0 unspecified atom stereocenters. The van der Waals surface area contributed by atoms with Gasteiger partial charge in [-0.1, -0.05) is 30.3 Å². The summed E-state index contributed by atoms with van der Waals surface area (Å²) in [6, 6.07) is 9.65. The predicted molar refractivity (Wildman–Crippen MR) is 141 cm³/mol. The molecule has 1 amide bonds. The summed E-state index contributed by atoms with van der Waals surface area (Å²) in [5.74, 6) is 0.576. The second-order valence-corrected chi connectivity index (χ2v) is 8.98. The number of hydrogen-bond donors (Lipinski definition) is 1. The van der Waals surface area contributed by atoms with Gasteiger partial charge in [-0.2, -0.15) is 0 Å². The topological polar surface area (TPSA) is 78.5 Å². The number of benzene rings is 2. The van der Waals surface area contributed by atoms with Crippen LogP contribution in [0.4, 0.5) is 5.69 Å². The molecule has 0 radical (unpaired) electrons. The first-order chi connectivity index (χ1) is 16.9. The molecule has 2 aromatic heterocycles. The first-order valence-corrected chi connectivity index (χ1v) is 11.7. The minimum Gasteiger partial charge on any atom is -0.493 e.